The molecule has 1 amide bonds. The van der Waals surface area contributed by atoms with Crippen LogP contribution in [0.3, 0.4) is 0 Å². The third kappa shape index (κ3) is 6.59. The molecule has 2 aromatic carbocycles. The maximum absolute atomic E-state index is 13.1. The number of aromatic nitrogens is 1. The maximum atomic E-state index is 13.1. The van der Waals surface area contributed by atoms with E-state index in [4.69, 9.17) is 5.26 Å². The van der Waals surface area contributed by atoms with Crippen LogP contribution in [0.25, 0.3) is 0 Å². The van der Waals surface area contributed by atoms with Crippen LogP contribution in [0.5, 0.6) is 0 Å². The Morgan fingerprint density at radius 2 is 1.74 bits per heavy atom. The van der Waals surface area contributed by atoms with E-state index in [1.165, 1.54) is 12.1 Å². The van der Waals surface area contributed by atoms with E-state index in [1.807, 2.05) is 32.2 Å². The Balaban J connectivity index is 1.71. The summed E-state index contributed by atoms with van der Waals surface area (Å²) >= 11 is 0. The van der Waals surface area contributed by atoms with E-state index in [2.05, 4.69) is 15.3 Å². The van der Waals surface area contributed by atoms with Gasteiger partial charge in [0.2, 0.25) is 16.0 Å². The summed E-state index contributed by atoms with van der Waals surface area (Å²) in [7, 11) is -3.77. The normalized spacial score (nSPS) is 11.8. The number of nitriles is 1. The molecule has 3 rings (SSSR count). The molecule has 174 valence electrons. The smallest absolute Gasteiger partial charge is 0.251 e. The molecule has 0 aliphatic carbocycles. The lowest BCUT2D eigenvalue weighted by Crippen LogP contribution is -2.30. The predicted molar refractivity (Wildman–Crippen MR) is 130 cm³/mol. The fraction of sp³-hybridized carbons (Fsp3) is 0.231. The molecule has 0 atom stereocenters. The van der Waals surface area contributed by atoms with E-state index in [9.17, 15) is 13.2 Å². The van der Waals surface area contributed by atoms with Crippen molar-refractivity contribution in [3.8, 4) is 6.19 Å². The number of benzene rings is 2. The fourth-order valence-electron chi connectivity index (χ4n) is 3.40. The maximum Gasteiger partial charge on any atom is 0.251 e. The number of nitrogens with one attached hydrogen (secondary N) is 1. The Hall–Kier alpha value is -3.83. The summed E-state index contributed by atoms with van der Waals surface area (Å²) in [6, 6.07) is 16.4. The van der Waals surface area contributed by atoms with Crippen molar-refractivity contribution in [1.82, 2.24) is 10.3 Å². The summed E-state index contributed by atoms with van der Waals surface area (Å²) in [5, 5.41) is 11.8. The Morgan fingerprint density at radius 3 is 2.38 bits per heavy atom. The summed E-state index contributed by atoms with van der Waals surface area (Å²) in [6.45, 7) is 3.68. The van der Waals surface area contributed by atoms with Gasteiger partial charge in [-0.15, -0.1) is 0 Å². The van der Waals surface area contributed by atoms with E-state index in [-0.39, 0.29) is 21.7 Å². The van der Waals surface area contributed by atoms with E-state index in [0.29, 0.717) is 24.8 Å². The molecule has 0 unspecified atom stereocenters. The topological polar surface area (TPSA) is 112 Å². The van der Waals surface area contributed by atoms with Gasteiger partial charge in [0.15, 0.2) is 0 Å². The Kier molecular flexibility index (Phi) is 8.28. The van der Waals surface area contributed by atoms with E-state index in [1.54, 1.807) is 48.8 Å². The fourth-order valence-corrected chi connectivity index (χ4v) is 4.71. The zero-order valence-electron chi connectivity index (χ0n) is 19.1. The molecule has 0 aliphatic heterocycles. The summed E-state index contributed by atoms with van der Waals surface area (Å²) in [6.07, 6.45) is 7.02. The Labute approximate surface area is 200 Å². The van der Waals surface area contributed by atoms with Crippen LogP contribution in [0.2, 0.25) is 0 Å². The molecule has 8 heteroatoms. The number of sulfone groups is 1. The minimum atomic E-state index is -3.77. The summed E-state index contributed by atoms with van der Waals surface area (Å²) in [5.74, 6) is -0.316. The minimum absolute atomic E-state index is 0.0521. The highest BCUT2D eigenvalue weighted by Gasteiger charge is 2.19. The van der Waals surface area contributed by atoms with Crippen molar-refractivity contribution in [3.63, 3.8) is 0 Å². The first kappa shape index (κ1) is 24.8. The first-order valence-corrected chi connectivity index (χ1v) is 12.4. The van der Waals surface area contributed by atoms with Gasteiger partial charge in [0, 0.05) is 36.1 Å². The van der Waals surface area contributed by atoms with Crippen LogP contribution in [-0.4, -0.2) is 31.1 Å². The molecular weight excluding hydrogens is 448 g/mol. The van der Waals surface area contributed by atoms with Crippen molar-refractivity contribution < 1.29 is 13.2 Å². The first-order valence-electron chi connectivity index (χ1n) is 10.9. The number of aliphatic imine (C=N–C) groups is 1. The van der Waals surface area contributed by atoms with Gasteiger partial charge < -0.3 is 5.32 Å². The second kappa shape index (κ2) is 11.3. The number of amides is 1. The van der Waals surface area contributed by atoms with Gasteiger partial charge in [0.1, 0.15) is 0 Å². The van der Waals surface area contributed by atoms with Crippen molar-refractivity contribution >= 4 is 21.5 Å². The molecular formula is C26H26N4O3S. The standard InChI is InChI=1S/C26H26N4O3S/c1-19(2)30-26(31)22-4-3-5-25(17-22)34(32,33)24-10-7-20(8-11-24)6-9-23(29-18-27)16-21-12-14-28-15-13-21/h3-5,7-8,10-15,17,19H,6,9,16H2,1-2H3,(H,30,31). The Morgan fingerprint density at radius 1 is 1.03 bits per heavy atom. The lowest BCUT2D eigenvalue weighted by molar-refractivity contribution is 0.0943. The number of hydrogen-bond donors (Lipinski definition) is 1. The molecule has 0 bridgehead atoms. The molecule has 1 aromatic heterocycles. The Bertz CT molecular complexity index is 1310. The molecule has 34 heavy (non-hydrogen) atoms. The van der Waals surface area contributed by atoms with Crippen molar-refractivity contribution in [2.24, 2.45) is 4.99 Å². The zero-order chi connectivity index (χ0) is 24.6. The van der Waals surface area contributed by atoms with Gasteiger partial charge >= 0.3 is 0 Å². The molecule has 0 saturated carbocycles. The van der Waals surface area contributed by atoms with Gasteiger partial charge in [-0.2, -0.15) is 10.3 Å². The van der Waals surface area contributed by atoms with Crippen LogP contribution in [-0.2, 0) is 22.7 Å². The number of nitrogens with zero attached hydrogens (tertiary/aromatic N) is 3. The molecule has 0 fully saturated rings. The van der Waals surface area contributed by atoms with Crippen LogP contribution in [0.4, 0.5) is 0 Å². The quantitative estimate of drug-likeness (QED) is 0.370. The van der Waals surface area contributed by atoms with Crippen LogP contribution in [0.1, 0.15) is 41.8 Å². The molecule has 0 saturated heterocycles. The van der Waals surface area contributed by atoms with Gasteiger partial charge in [-0.05, 0) is 80.3 Å². The minimum Gasteiger partial charge on any atom is -0.350 e. The second-order valence-electron chi connectivity index (χ2n) is 8.11. The number of carbonyl (C=O) groups is 1. The first-order chi connectivity index (χ1) is 16.3. The van der Waals surface area contributed by atoms with E-state index in [0.717, 1.165) is 16.8 Å². The number of hydrogen-bond acceptors (Lipinski definition) is 6. The predicted octanol–water partition coefficient (Wildman–Crippen LogP) is 4.15. The van der Waals surface area contributed by atoms with Gasteiger partial charge in [0.05, 0.1) is 9.79 Å². The largest absolute Gasteiger partial charge is 0.350 e. The van der Waals surface area contributed by atoms with Gasteiger partial charge in [-0.3, -0.25) is 9.78 Å². The lowest BCUT2D eigenvalue weighted by atomic mass is 10.0. The molecule has 0 spiro atoms. The van der Waals surface area contributed by atoms with Crippen LogP contribution in [0, 0.1) is 11.5 Å². The average Bonchev–Trinajstić information content (AvgIpc) is 2.83. The summed E-state index contributed by atoms with van der Waals surface area (Å²) in [5.41, 5.74) is 3.01. The SMILES string of the molecule is CC(C)NC(=O)c1cccc(S(=O)(=O)c2ccc(CCC(Cc3ccncc3)=NC#N)cc2)c1. The molecule has 1 N–H and O–H groups in total. The molecule has 7 nitrogen and oxygen atoms in total. The van der Waals surface area contributed by atoms with Crippen molar-refractivity contribution in [3.05, 3.63) is 89.7 Å². The number of rotatable bonds is 9. The van der Waals surface area contributed by atoms with Crippen LogP contribution >= 0.6 is 0 Å². The average molecular weight is 475 g/mol. The molecule has 3 aromatic rings. The number of pyridine rings is 1. The highest BCUT2D eigenvalue weighted by Crippen LogP contribution is 2.22. The zero-order valence-corrected chi connectivity index (χ0v) is 19.9. The molecule has 0 aliphatic rings. The van der Waals surface area contributed by atoms with E-state index >= 15 is 0 Å². The monoisotopic (exact) mass is 474 g/mol. The second-order valence-corrected chi connectivity index (χ2v) is 10.1. The van der Waals surface area contributed by atoms with Crippen molar-refractivity contribution in [1.29, 1.82) is 5.26 Å². The number of aryl methyl sites for hydroxylation is 1. The van der Waals surface area contributed by atoms with Gasteiger partial charge in [-0.25, -0.2) is 8.42 Å². The third-order valence-corrected chi connectivity index (χ3v) is 6.90. The third-order valence-electron chi connectivity index (χ3n) is 5.13. The van der Waals surface area contributed by atoms with Gasteiger partial charge in [0.25, 0.3) is 5.91 Å². The summed E-state index contributed by atoms with van der Waals surface area (Å²) < 4.78 is 26.2. The van der Waals surface area contributed by atoms with Crippen LogP contribution in [0.15, 0.2) is 87.8 Å². The van der Waals surface area contributed by atoms with Crippen molar-refractivity contribution in [2.45, 2.75) is 48.9 Å². The van der Waals surface area contributed by atoms with Crippen LogP contribution < -0.4 is 5.32 Å². The highest BCUT2D eigenvalue weighted by molar-refractivity contribution is 7.91. The lowest BCUT2D eigenvalue weighted by Gasteiger charge is -2.10. The van der Waals surface area contributed by atoms with Gasteiger partial charge in [-0.1, -0.05) is 18.2 Å². The highest BCUT2D eigenvalue weighted by atomic mass is 32.2. The molecule has 0 radical (unpaired) electrons. The van der Waals surface area contributed by atoms with Crippen molar-refractivity contribution in [2.75, 3.05) is 0 Å². The number of carbonyl (C=O) groups excluding carboxylic acids is 1. The molecule has 1 heterocycles. The van der Waals surface area contributed by atoms with E-state index < -0.39 is 9.84 Å². The summed E-state index contributed by atoms with van der Waals surface area (Å²) in [4.78, 5) is 20.4.